The third kappa shape index (κ3) is 3.97. The second kappa shape index (κ2) is 6.47. The fourth-order valence-electron chi connectivity index (χ4n) is 1.77. The van der Waals surface area contributed by atoms with Crippen molar-refractivity contribution in [1.29, 1.82) is 0 Å². The SMILES string of the molecule is COc1ccc(CNS(=O)(=O)c2ccc(C)cc2)c(Cl)c1. The Kier molecular flexibility index (Phi) is 4.88. The molecule has 0 heterocycles. The Hall–Kier alpha value is -1.56. The zero-order valence-electron chi connectivity index (χ0n) is 11.8. The summed E-state index contributed by atoms with van der Waals surface area (Å²) in [4.78, 5) is 0.234. The minimum absolute atomic E-state index is 0.124. The normalized spacial score (nSPS) is 11.4. The third-order valence-corrected chi connectivity index (χ3v) is 4.81. The van der Waals surface area contributed by atoms with Crippen molar-refractivity contribution in [2.45, 2.75) is 18.4 Å². The van der Waals surface area contributed by atoms with E-state index in [1.807, 2.05) is 6.92 Å². The molecule has 21 heavy (non-hydrogen) atoms. The van der Waals surface area contributed by atoms with E-state index >= 15 is 0 Å². The molecule has 2 aromatic rings. The van der Waals surface area contributed by atoms with Crippen LogP contribution in [0.3, 0.4) is 0 Å². The van der Waals surface area contributed by atoms with E-state index in [9.17, 15) is 8.42 Å². The van der Waals surface area contributed by atoms with Gasteiger partial charge in [-0.15, -0.1) is 0 Å². The lowest BCUT2D eigenvalue weighted by Crippen LogP contribution is -2.23. The van der Waals surface area contributed by atoms with Gasteiger partial charge in [-0.25, -0.2) is 13.1 Å². The molecular formula is C15H16ClNO3S. The van der Waals surface area contributed by atoms with E-state index in [-0.39, 0.29) is 11.4 Å². The molecule has 0 fully saturated rings. The maximum absolute atomic E-state index is 12.2. The molecule has 0 unspecified atom stereocenters. The van der Waals surface area contributed by atoms with Gasteiger partial charge >= 0.3 is 0 Å². The Morgan fingerprint density at radius 2 is 1.81 bits per heavy atom. The van der Waals surface area contributed by atoms with Crippen LogP contribution in [0, 0.1) is 6.92 Å². The molecule has 0 atom stereocenters. The van der Waals surface area contributed by atoms with E-state index in [0.717, 1.165) is 5.56 Å². The van der Waals surface area contributed by atoms with E-state index in [4.69, 9.17) is 16.3 Å². The minimum atomic E-state index is -3.55. The molecule has 0 aliphatic heterocycles. The van der Waals surface area contributed by atoms with Crippen LogP contribution >= 0.6 is 11.6 Å². The highest BCUT2D eigenvalue weighted by molar-refractivity contribution is 7.89. The van der Waals surface area contributed by atoms with E-state index in [1.54, 1.807) is 49.6 Å². The fourth-order valence-corrected chi connectivity index (χ4v) is 3.02. The molecule has 2 aromatic carbocycles. The number of ether oxygens (including phenoxy) is 1. The first-order valence-electron chi connectivity index (χ1n) is 6.31. The number of rotatable bonds is 5. The highest BCUT2D eigenvalue weighted by atomic mass is 35.5. The highest BCUT2D eigenvalue weighted by Crippen LogP contribution is 2.22. The first kappa shape index (κ1) is 15.8. The maximum atomic E-state index is 12.2. The summed E-state index contributed by atoms with van der Waals surface area (Å²) in [5, 5.41) is 0.459. The Bertz CT molecular complexity index is 727. The van der Waals surface area contributed by atoms with Gasteiger partial charge in [0.2, 0.25) is 10.0 Å². The number of hydrogen-bond donors (Lipinski definition) is 1. The van der Waals surface area contributed by atoms with Gasteiger partial charge in [-0.05, 0) is 36.8 Å². The Labute approximate surface area is 129 Å². The molecule has 0 saturated carbocycles. The topological polar surface area (TPSA) is 55.4 Å². The largest absolute Gasteiger partial charge is 0.497 e. The molecule has 0 bridgehead atoms. The molecule has 112 valence electrons. The lowest BCUT2D eigenvalue weighted by Gasteiger charge is -2.09. The van der Waals surface area contributed by atoms with E-state index in [1.165, 1.54) is 0 Å². The summed E-state index contributed by atoms with van der Waals surface area (Å²) in [7, 11) is -2.00. The van der Waals surface area contributed by atoms with Crippen molar-refractivity contribution in [3.63, 3.8) is 0 Å². The van der Waals surface area contributed by atoms with Crippen molar-refractivity contribution in [2.24, 2.45) is 0 Å². The summed E-state index contributed by atoms with van der Waals surface area (Å²) in [6.07, 6.45) is 0. The Morgan fingerprint density at radius 1 is 1.14 bits per heavy atom. The number of nitrogens with one attached hydrogen (secondary N) is 1. The third-order valence-electron chi connectivity index (χ3n) is 3.04. The molecule has 1 N–H and O–H groups in total. The van der Waals surface area contributed by atoms with Gasteiger partial charge in [0.25, 0.3) is 0 Å². The molecule has 0 amide bonds. The maximum Gasteiger partial charge on any atom is 0.240 e. The molecular weight excluding hydrogens is 310 g/mol. The average Bonchev–Trinajstić information content (AvgIpc) is 2.46. The number of methoxy groups -OCH3 is 1. The number of hydrogen-bond acceptors (Lipinski definition) is 3. The van der Waals surface area contributed by atoms with Crippen LogP contribution in [0.4, 0.5) is 0 Å². The molecule has 0 saturated heterocycles. The van der Waals surface area contributed by atoms with Gasteiger partial charge in [0.05, 0.1) is 12.0 Å². The number of halogens is 1. The Balaban J connectivity index is 2.13. The fraction of sp³-hybridized carbons (Fsp3) is 0.200. The molecule has 0 radical (unpaired) electrons. The quantitative estimate of drug-likeness (QED) is 0.918. The second-order valence-corrected chi connectivity index (χ2v) is 6.77. The monoisotopic (exact) mass is 325 g/mol. The number of benzene rings is 2. The van der Waals surface area contributed by atoms with Crippen molar-refractivity contribution in [3.8, 4) is 5.75 Å². The van der Waals surface area contributed by atoms with Crippen molar-refractivity contribution >= 4 is 21.6 Å². The standard InChI is InChI=1S/C15H16ClNO3S/c1-11-3-7-14(8-4-11)21(18,19)17-10-12-5-6-13(20-2)9-15(12)16/h3-9,17H,10H2,1-2H3. The second-order valence-electron chi connectivity index (χ2n) is 4.59. The summed E-state index contributed by atoms with van der Waals surface area (Å²) >= 11 is 6.09. The smallest absolute Gasteiger partial charge is 0.240 e. The zero-order valence-corrected chi connectivity index (χ0v) is 13.3. The van der Waals surface area contributed by atoms with E-state index < -0.39 is 10.0 Å². The highest BCUT2D eigenvalue weighted by Gasteiger charge is 2.14. The minimum Gasteiger partial charge on any atom is -0.497 e. The van der Waals surface area contributed by atoms with Crippen molar-refractivity contribution < 1.29 is 13.2 Å². The molecule has 4 nitrogen and oxygen atoms in total. The number of aryl methyl sites for hydroxylation is 1. The molecule has 0 aromatic heterocycles. The number of sulfonamides is 1. The molecule has 0 aliphatic carbocycles. The van der Waals surface area contributed by atoms with Crippen LogP contribution in [0.1, 0.15) is 11.1 Å². The predicted octanol–water partition coefficient (Wildman–Crippen LogP) is 3.14. The lowest BCUT2D eigenvalue weighted by atomic mass is 10.2. The van der Waals surface area contributed by atoms with E-state index in [2.05, 4.69) is 4.72 Å². The average molecular weight is 326 g/mol. The van der Waals surface area contributed by atoms with Crippen LogP contribution in [0.2, 0.25) is 5.02 Å². The van der Waals surface area contributed by atoms with Gasteiger partial charge in [-0.1, -0.05) is 35.4 Å². The molecule has 0 aliphatic rings. The van der Waals surface area contributed by atoms with Gasteiger partial charge in [-0.3, -0.25) is 0 Å². The first-order valence-corrected chi connectivity index (χ1v) is 8.17. The van der Waals surface area contributed by atoms with Gasteiger partial charge in [0.15, 0.2) is 0 Å². The van der Waals surface area contributed by atoms with Crippen LogP contribution in [0.15, 0.2) is 47.4 Å². The van der Waals surface area contributed by atoms with Crippen molar-refractivity contribution in [2.75, 3.05) is 7.11 Å². The summed E-state index contributed by atoms with van der Waals surface area (Å²) < 4.78 is 31.9. The molecule has 6 heteroatoms. The van der Waals surface area contributed by atoms with Crippen LogP contribution in [-0.4, -0.2) is 15.5 Å². The first-order chi connectivity index (χ1) is 9.92. The summed E-state index contributed by atoms with van der Waals surface area (Å²) in [5.41, 5.74) is 1.69. The van der Waals surface area contributed by atoms with Gasteiger partial charge in [-0.2, -0.15) is 0 Å². The summed E-state index contributed by atoms with van der Waals surface area (Å²) in [5.74, 6) is 0.630. The summed E-state index contributed by atoms with van der Waals surface area (Å²) in [6.45, 7) is 2.03. The van der Waals surface area contributed by atoms with Gasteiger partial charge in [0.1, 0.15) is 5.75 Å². The molecule has 0 spiro atoms. The van der Waals surface area contributed by atoms with Crippen LogP contribution in [-0.2, 0) is 16.6 Å². The van der Waals surface area contributed by atoms with E-state index in [0.29, 0.717) is 16.3 Å². The van der Waals surface area contributed by atoms with Crippen molar-refractivity contribution in [1.82, 2.24) is 4.72 Å². The van der Waals surface area contributed by atoms with Crippen LogP contribution in [0.25, 0.3) is 0 Å². The van der Waals surface area contributed by atoms with Crippen LogP contribution < -0.4 is 9.46 Å². The van der Waals surface area contributed by atoms with Gasteiger partial charge < -0.3 is 4.74 Å². The predicted molar refractivity (Wildman–Crippen MR) is 83.2 cm³/mol. The molecule has 2 rings (SSSR count). The van der Waals surface area contributed by atoms with Crippen LogP contribution in [0.5, 0.6) is 5.75 Å². The summed E-state index contributed by atoms with van der Waals surface area (Å²) in [6, 6.07) is 11.8. The van der Waals surface area contributed by atoms with Gasteiger partial charge in [0, 0.05) is 11.6 Å². The Morgan fingerprint density at radius 3 is 2.38 bits per heavy atom. The lowest BCUT2D eigenvalue weighted by molar-refractivity contribution is 0.414. The van der Waals surface area contributed by atoms with Crippen molar-refractivity contribution in [3.05, 3.63) is 58.6 Å². The zero-order chi connectivity index (χ0) is 15.5.